The van der Waals surface area contributed by atoms with E-state index < -0.39 is 11.0 Å². The van der Waals surface area contributed by atoms with Gasteiger partial charge in [-0.05, 0) is 38.0 Å². The molecule has 2 unspecified atom stereocenters. The van der Waals surface area contributed by atoms with Gasteiger partial charge >= 0.3 is 5.97 Å². The molecule has 24 heavy (non-hydrogen) atoms. The van der Waals surface area contributed by atoms with Gasteiger partial charge in [-0.1, -0.05) is 46.8 Å². The number of carbonyl (C=O) groups excluding carboxylic acids is 1. The smallest absolute Gasteiger partial charge is 0.312 e. The molecule has 0 bridgehead atoms. The van der Waals surface area contributed by atoms with Crippen molar-refractivity contribution in [3.8, 4) is 0 Å². The fourth-order valence-corrected chi connectivity index (χ4v) is 3.98. The van der Waals surface area contributed by atoms with E-state index in [1.807, 2.05) is 20.8 Å². The van der Waals surface area contributed by atoms with E-state index in [-0.39, 0.29) is 22.7 Å². The number of carbonyl (C=O) groups is 1. The summed E-state index contributed by atoms with van der Waals surface area (Å²) in [5.74, 6) is -0.180. The predicted molar refractivity (Wildman–Crippen MR) is 103 cm³/mol. The highest BCUT2D eigenvalue weighted by Crippen LogP contribution is 2.48. The van der Waals surface area contributed by atoms with Crippen LogP contribution in [0.15, 0.2) is 12.2 Å². The fraction of sp³-hybridized carbons (Fsp3) is 0.850. The van der Waals surface area contributed by atoms with Gasteiger partial charge in [0, 0.05) is 24.2 Å². The number of aliphatic hydroxyl groups is 1. The lowest BCUT2D eigenvalue weighted by Crippen LogP contribution is -2.49. The molecule has 1 rings (SSSR count). The summed E-state index contributed by atoms with van der Waals surface area (Å²) in [5.41, 5.74) is -0.404. The minimum atomic E-state index is -0.653. The first-order valence-corrected chi connectivity index (χ1v) is 9.43. The first-order chi connectivity index (χ1) is 10.7. The van der Waals surface area contributed by atoms with Gasteiger partial charge in [0.05, 0.1) is 5.41 Å². The van der Waals surface area contributed by atoms with Crippen LogP contribution in [0, 0.1) is 10.8 Å². The molecule has 0 aromatic carbocycles. The number of hydrogen-bond donors (Lipinski definition) is 2. The van der Waals surface area contributed by atoms with Crippen molar-refractivity contribution >= 4 is 18.6 Å². The maximum atomic E-state index is 13.3. The van der Waals surface area contributed by atoms with Crippen LogP contribution in [0.5, 0.6) is 0 Å². The fourth-order valence-electron chi connectivity index (χ4n) is 3.67. The van der Waals surface area contributed by atoms with Crippen LogP contribution in [0.25, 0.3) is 0 Å². The van der Waals surface area contributed by atoms with Gasteiger partial charge in [-0.3, -0.25) is 4.79 Å². The Hall–Kier alpha value is -0.480. The number of esters is 1. The van der Waals surface area contributed by atoms with Gasteiger partial charge in [0.25, 0.3) is 0 Å². The minimum Gasteiger partial charge on any atom is -0.458 e. The number of hydrogen-bond acceptors (Lipinski definition) is 4. The summed E-state index contributed by atoms with van der Waals surface area (Å²) in [6.45, 7) is 16.4. The van der Waals surface area contributed by atoms with Crippen molar-refractivity contribution in [3.63, 3.8) is 0 Å². The number of thiol groups is 1. The zero-order valence-electron chi connectivity index (χ0n) is 16.4. The van der Waals surface area contributed by atoms with E-state index in [0.29, 0.717) is 19.3 Å². The summed E-state index contributed by atoms with van der Waals surface area (Å²) >= 11 is 4.66. The topological polar surface area (TPSA) is 46.5 Å². The van der Waals surface area contributed by atoms with E-state index in [9.17, 15) is 9.90 Å². The third kappa shape index (κ3) is 5.26. The van der Waals surface area contributed by atoms with Crippen molar-refractivity contribution in [2.45, 2.75) is 90.4 Å². The monoisotopic (exact) mass is 356 g/mol. The zero-order chi connectivity index (χ0) is 18.8. The Morgan fingerprint density at radius 3 is 2.29 bits per heavy atom. The Kier molecular flexibility index (Phi) is 6.66. The predicted octanol–water partition coefficient (Wildman–Crippen LogP) is 4.93. The maximum Gasteiger partial charge on any atom is 0.312 e. The van der Waals surface area contributed by atoms with Crippen molar-refractivity contribution in [2.75, 3.05) is 6.61 Å². The van der Waals surface area contributed by atoms with Gasteiger partial charge in [0.1, 0.15) is 5.60 Å². The van der Waals surface area contributed by atoms with Crippen LogP contribution in [-0.2, 0) is 9.53 Å². The van der Waals surface area contributed by atoms with Crippen molar-refractivity contribution in [2.24, 2.45) is 10.8 Å². The SMILES string of the molecule is C=C1CCCC(CCO)(OC(=O)C(C)(CC(C)(C)S)C(C)(C)C)C1. The molecule has 1 N–H and O–H groups in total. The van der Waals surface area contributed by atoms with Crippen LogP contribution in [0.3, 0.4) is 0 Å². The molecule has 1 aliphatic carbocycles. The zero-order valence-corrected chi connectivity index (χ0v) is 17.3. The molecule has 0 spiro atoms. The quantitative estimate of drug-likeness (QED) is 0.403. The van der Waals surface area contributed by atoms with Crippen LogP contribution < -0.4 is 0 Å². The third-order valence-electron chi connectivity index (χ3n) is 5.50. The van der Waals surface area contributed by atoms with E-state index in [0.717, 1.165) is 24.8 Å². The van der Waals surface area contributed by atoms with E-state index in [4.69, 9.17) is 4.74 Å². The van der Waals surface area contributed by atoms with Crippen LogP contribution in [-0.4, -0.2) is 28.0 Å². The number of rotatable bonds is 6. The molecule has 1 fully saturated rings. The lowest BCUT2D eigenvalue weighted by Gasteiger charge is -2.46. The largest absolute Gasteiger partial charge is 0.458 e. The highest BCUT2D eigenvalue weighted by atomic mass is 32.1. The normalized spacial score (nSPS) is 25.2. The van der Waals surface area contributed by atoms with Crippen molar-refractivity contribution in [1.29, 1.82) is 0 Å². The first-order valence-electron chi connectivity index (χ1n) is 8.98. The molecule has 0 saturated heterocycles. The minimum absolute atomic E-state index is 0.0187. The average Bonchev–Trinajstić information content (AvgIpc) is 2.35. The van der Waals surface area contributed by atoms with Crippen LogP contribution >= 0.6 is 12.6 Å². The van der Waals surface area contributed by atoms with E-state index in [1.165, 1.54) is 0 Å². The molecule has 3 nitrogen and oxygen atoms in total. The molecule has 0 radical (unpaired) electrons. The standard InChI is InChI=1S/C20H36O3S/c1-15-9-8-10-20(13-15,11-12-21)23-16(22)19(7,17(2,3)4)14-18(5,6)24/h21,24H,1,8-14H2,2-7H3. The second-order valence-electron chi connectivity index (χ2n) is 9.40. The van der Waals surface area contributed by atoms with Crippen LogP contribution in [0.2, 0.25) is 0 Å². The summed E-state index contributed by atoms with van der Waals surface area (Å²) in [7, 11) is 0. The maximum absolute atomic E-state index is 13.3. The Labute approximate surface area is 153 Å². The summed E-state index contributed by atoms with van der Waals surface area (Å²) in [5, 5.41) is 9.50. The summed E-state index contributed by atoms with van der Waals surface area (Å²) in [6.07, 6.45) is 4.48. The van der Waals surface area contributed by atoms with Gasteiger partial charge in [0.15, 0.2) is 0 Å². The molecule has 0 aromatic heterocycles. The number of aliphatic hydroxyl groups excluding tert-OH is 1. The Bertz CT molecular complexity index is 468. The molecule has 0 aliphatic heterocycles. The van der Waals surface area contributed by atoms with Gasteiger partial charge < -0.3 is 9.84 Å². The van der Waals surface area contributed by atoms with Gasteiger partial charge in [0.2, 0.25) is 0 Å². The van der Waals surface area contributed by atoms with Gasteiger partial charge in [-0.25, -0.2) is 0 Å². The Morgan fingerprint density at radius 2 is 1.88 bits per heavy atom. The molecule has 4 heteroatoms. The third-order valence-corrected chi connectivity index (χ3v) is 5.66. The van der Waals surface area contributed by atoms with Crippen molar-refractivity contribution < 1.29 is 14.6 Å². The highest BCUT2D eigenvalue weighted by Gasteiger charge is 2.50. The second-order valence-corrected chi connectivity index (χ2v) is 10.6. The molecule has 0 heterocycles. The summed E-state index contributed by atoms with van der Waals surface area (Å²) < 4.78 is 5.86. The average molecular weight is 357 g/mol. The molecule has 1 saturated carbocycles. The van der Waals surface area contributed by atoms with E-state index in [2.05, 4.69) is 40.0 Å². The molecular weight excluding hydrogens is 320 g/mol. The highest BCUT2D eigenvalue weighted by molar-refractivity contribution is 7.81. The molecule has 1 aliphatic rings. The van der Waals surface area contributed by atoms with Gasteiger partial charge in [-0.15, -0.1) is 0 Å². The van der Waals surface area contributed by atoms with Gasteiger partial charge in [-0.2, -0.15) is 12.6 Å². The van der Waals surface area contributed by atoms with Crippen molar-refractivity contribution in [1.82, 2.24) is 0 Å². The Balaban J connectivity index is 3.11. The summed E-state index contributed by atoms with van der Waals surface area (Å²) in [4.78, 5) is 13.3. The van der Waals surface area contributed by atoms with Crippen LogP contribution in [0.1, 0.15) is 80.1 Å². The molecular formula is C20H36O3S. The molecule has 0 amide bonds. The molecule has 140 valence electrons. The summed E-state index contributed by atoms with van der Waals surface area (Å²) in [6, 6.07) is 0. The van der Waals surface area contributed by atoms with E-state index >= 15 is 0 Å². The van der Waals surface area contributed by atoms with Crippen LogP contribution in [0.4, 0.5) is 0 Å². The lowest BCUT2D eigenvalue weighted by molar-refractivity contribution is -0.183. The number of ether oxygens (including phenoxy) is 1. The molecule has 2 atom stereocenters. The van der Waals surface area contributed by atoms with Crippen molar-refractivity contribution in [3.05, 3.63) is 12.2 Å². The second kappa shape index (κ2) is 7.41. The first kappa shape index (κ1) is 21.6. The van der Waals surface area contributed by atoms with E-state index in [1.54, 1.807) is 0 Å². The lowest BCUT2D eigenvalue weighted by atomic mass is 9.63. The molecule has 0 aromatic rings. The Morgan fingerprint density at radius 1 is 1.29 bits per heavy atom.